The fourth-order valence-corrected chi connectivity index (χ4v) is 2.23. The molecule has 1 saturated heterocycles. The zero-order chi connectivity index (χ0) is 15.4. The van der Waals surface area contributed by atoms with Gasteiger partial charge in [0.15, 0.2) is 6.61 Å². The van der Waals surface area contributed by atoms with E-state index in [1.165, 1.54) is 0 Å². The molecular weight excluding hydrogens is 276 g/mol. The maximum atomic E-state index is 12.0. The highest BCUT2D eigenvalue weighted by molar-refractivity contribution is 5.85. The number of carboxylic acids is 1. The average Bonchev–Trinajstić information content (AvgIpc) is 2.87. The molecule has 1 fully saturated rings. The lowest BCUT2D eigenvalue weighted by Crippen LogP contribution is -2.43. The minimum atomic E-state index is -1.16. The van der Waals surface area contributed by atoms with Crippen molar-refractivity contribution in [3.8, 4) is 11.8 Å². The third-order valence-corrected chi connectivity index (χ3v) is 3.24. The van der Waals surface area contributed by atoms with Crippen LogP contribution in [0, 0.1) is 11.3 Å². The molecule has 0 saturated carbocycles. The third-order valence-electron chi connectivity index (χ3n) is 3.24. The Morgan fingerprint density at radius 2 is 2.14 bits per heavy atom. The monoisotopic (exact) mass is 290 g/mol. The number of amides is 1. The molecule has 1 aliphatic heterocycles. The molecule has 0 spiro atoms. The lowest BCUT2D eigenvalue weighted by atomic mass is 10.2. The first-order valence-corrected chi connectivity index (χ1v) is 6.35. The SMILES string of the molecule is N#Cc1ccccc1OCC(=O)N1CC(O)C[C@H]1C(=O)O. The molecule has 0 bridgehead atoms. The Kier molecular flexibility index (Phi) is 4.40. The molecule has 1 unspecified atom stereocenters. The van der Waals surface area contributed by atoms with Gasteiger partial charge >= 0.3 is 5.97 Å². The summed E-state index contributed by atoms with van der Waals surface area (Å²) in [5.41, 5.74) is 0.293. The second kappa shape index (κ2) is 6.24. The van der Waals surface area contributed by atoms with E-state index in [-0.39, 0.29) is 25.3 Å². The minimum absolute atomic E-state index is 0.00978. The molecule has 1 aromatic rings. The summed E-state index contributed by atoms with van der Waals surface area (Å²) in [6.07, 6.45) is -0.836. The number of carbonyl (C=O) groups excluding carboxylic acids is 1. The van der Waals surface area contributed by atoms with Gasteiger partial charge in [0.2, 0.25) is 0 Å². The summed E-state index contributed by atoms with van der Waals surface area (Å²) < 4.78 is 5.28. The molecule has 1 aromatic carbocycles. The van der Waals surface area contributed by atoms with Crippen molar-refractivity contribution in [2.45, 2.75) is 18.6 Å². The van der Waals surface area contributed by atoms with Crippen LogP contribution < -0.4 is 4.74 Å². The van der Waals surface area contributed by atoms with Crippen molar-refractivity contribution in [2.75, 3.05) is 13.2 Å². The minimum Gasteiger partial charge on any atom is -0.482 e. The van der Waals surface area contributed by atoms with Crippen molar-refractivity contribution in [3.05, 3.63) is 29.8 Å². The number of para-hydroxylation sites is 1. The molecule has 2 atom stereocenters. The van der Waals surface area contributed by atoms with Crippen LogP contribution in [0.25, 0.3) is 0 Å². The predicted octanol–water partition coefficient (Wildman–Crippen LogP) is -0.0165. The van der Waals surface area contributed by atoms with Crippen molar-refractivity contribution in [1.82, 2.24) is 4.90 Å². The molecule has 21 heavy (non-hydrogen) atoms. The molecule has 1 heterocycles. The van der Waals surface area contributed by atoms with Gasteiger partial charge in [0.05, 0.1) is 11.7 Å². The van der Waals surface area contributed by atoms with E-state index < -0.39 is 24.0 Å². The van der Waals surface area contributed by atoms with Gasteiger partial charge in [0.1, 0.15) is 17.9 Å². The van der Waals surface area contributed by atoms with Gasteiger partial charge in [-0.05, 0) is 12.1 Å². The molecule has 1 amide bonds. The number of hydrogen-bond donors (Lipinski definition) is 2. The van der Waals surface area contributed by atoms with Crippen molar-refractivity contribution in [1.29, 1.82) is 5.26 Å². The number of hydrogen-bond acceptors (Lipinski definition) is 5. The molecule has 110 valence electrons. The van der Waals surface area contributed by atoms with Crippen molar-refractivity contribution >= 4 is 11.9 Å². The molecule has 7 heteroatoms. The number of aliphatic hydroxyl groups is 1. The Hall–Kier alpha value is -2.59. The number of ether oxygens (including phenoxy) is 1. The number of nitriles is 1. The second-order valence-corrected chi connectivity index (χ2v) is 4.69. The van der Waals surface area contributed by atoms with Gasteiger partial charge in [0, 0.05) is 13.0 Å². The maximum Gasteiger partial charge on any atom is 0.326 e. The van der Waals surface area contributed by atoms with E-state index in [2.05, 4.69) is 0 Å². The van der Waals surface area contributed by atoms with E-state index in [1.54, 1.807) is 24.3 Å². The molecule has 2 rings (SSSR count). The normalized spacial score (nSPS) is 20.9. The number of carboxylic acid groups (broad SMARTS) is 1. The van der Waals surface area contributed by atoms with Crippen LogP contribution in [0.5, 0.6) is 5.75 Å². The van der Waals surface area contributed by atoms with Gasteiger partial charge in [-0.3, -0.25) is 4.79 Å². The molecule has 0 aliphatic carbocycles. The fourth-order valence-electron chi connectivity index (χ4n) is 2.23. The first-order chi connectivity index (χ1) is 10.0. The molecule has 2 N–H and O–H groups in total. The number of aliphatic hydroxyl groups excluding tert-OH is 1. The quantitative estimate of drug-likeness (QED) is 0.806. The van der Waals surface area contributed by atoms with E-state index >= 15 is 0 Å². The fraction of sp³-hybridized carbons (Fsp3) is 0.357. The van der Waals surface area contributed by atoms with E-state index in [4.69, 9.17) is 15.1 Å². The first kappa shape index (κ1) is 14.8. The Balaban J connectivity index is 2.02. The number of rotatable bonds is 4. The van der Waals surface area contributed by atoms with Gasteiger partial charge in [0.25, 0.3) is 5.91 Å². The van der Waals surface area contributed by atoms with Crippen LogP contribution in [-0.4, -0.2) is 52.3 Å². The maximum absolute atomic E-state index is 12.0. The largest absolute Gasteiger partial charge is 0.482 e. The Morgan fingerprint density at radius 3 is 2.81 bits per heavy atom. The number of nitrogens with zero attached hydrogens (tertiary/aromatic N) is 2. The molecule has 7 nitrogen and oxygen atoms in total. The highest BCUT2D eigenvalue weighted by Gasteiger charge is 2.38. The van der Waals surface area contributed by atoms with Gasteiger partial charge in [-0.2, -0.15) is 5.26 Å². The van der Waals surface area contributed by atoms with Crippen molar-refractivity contribution < 1.29 is 24.5 Å². The van der Waals surface area contributed by atoms with Crippen LogP contribution in [0.1, 0.15) is 12.0 Å². The van der Waals surface area contributed by atoms with E-state index in [1.807, 2.05) is 6.07 Å². The Labute approximate surface area is 121 Å². The summed E-state index contributed by atoms with van der Waals surface area (Å²) >= 11 is 0. The van der Waals surface area contributed by atoms with Crippen molar-refractivity contribution in [2.24, 2.45) is 0 Å². The highest BCUT2D eigenvalue weighted by atomic mass is 16.5. The summed E-state index contributed by atoms with van der Waals surface area (Å²) in [5, 5.41) is 27.4. The number of carbonyl (C=O) groups is 2. The number of benzene rings is 1. The van der Waals surface area contributed by atoms with E-state index in [9.17, 15) is 14.7 Å². The van der Waals surface area contributed by atoms with Crippen LogP contribution in [-0.2, 0) is 9.59 Å². The van der Waals surface area contributed by atoms with Crippen LogP contribution in [0.4, 0.5) is 0 Å². The van der Waals surface area contributed by atoms with Gasteiger partial charge in [-0.15, -0.1) is 0 Å². The van der Waals surface area contributed by atoms with Crippen molar-refractivity contribution in [3.63, 3.8) is 0 Å². The molecule has 1 aliphatic rings. The average molecular weight is 290 g/mol. The zero-order valence-electron chi connectivity index (χ0n) is 11.1. The molecule has 0 aromatic heterocycles. The lowest BCUT2D eigenvalue weighted by Gasteiger charge is -2.21. The second-order valence-electron chi connectivity index (χ2n) is 4.69. The summed E-state index contributed by atoms with van der Waals surface area (Å²) in [7, 11) is 0. The lowest BCUT2D eigenvalue weighted by molar-refractivity contribution is -0.148. The molecular formula is C14H14N2O5. The van der Waals surface area contributed by atoms with E-state index in [0.29, 0.717) is 5.56 Å². The number of β-amino-alcohol motifs (C(OH)–C–C–N with tert-alkyl or cyclic N) is 1. The molecule has 0 radical (unpaired) electrons. The highest BCUT2D eigenvalue weighted by Crippen LogP contribution is 2.20. The smallest absolute Gasteiger partial charge is 0.326 e. The van der Waals surface area contributed by atoms with Gasteiger partial charge in [-0.25, -0.2) is 4.79 Å². The van der Waals surface area contributed by atoms with Crippen LogP contribution in [0.2, 0.25) is 0 Å². The summed E-state index contributed by atoms with van der Waals surface area (Å²) in [4.78, 5) is 24.2. The standard InChI is InChI=1S/C14H14N2O5/c15-6-9-3-1-2-4-12(9)21-8-13(18)16-7-10(17)5-11(16)14(19)20/h1-4,10-11,17H,5,7-8H2,(H,19,20)/t10?,11-/m0/s1. The predicted molar refractivity (Wildman–Crippen MR) is 70.4 cm³/mol. The summed E-state index contributed by atoms with van der Waals surface area (Å²) in [6.45, 7) is -0.408. The number of likely N-dealkylation sites (tertiary alicyclic amines) is 1. The number of aliphatic carboxylic acids is 1. The van der Waals surface area contributed by atoms with E-state index in [0.717, 1.165) is 4.90 Å². The Morgan fingerprint density at radius 1 is 1.43 bits per heavy atom. The third kappa shape index (κ3) is 3.30. The summed E-state index contributed by atoms with van der Waals surface area (Å²) in [6, 6.07) is 7.35. The zero-order valence-corrected chi connectivity index (χ0v) is 11.1. The topological polar surface area (TPSA) is 111 Å². The first-order valence-electron chi connectivity index (χ1n) is 6.35. The van der Waals surface area contributed by atoms with Gasteiger partial charge in [-0.1, -0.05) is 12.1 Å². The Bertz CT molecular complexity index is 595. The van der Waals surface area contributed by atoms with Gasteiger partial charge < -0.3 is 19.8 Å². The van der Waals surface area contributed by atoms with Crippen LogP contribution in [0.15, 0.2) is 24.3 Å². The van der Waals surface area contributed by atoms with Crippen LogP contribution >= 0.6 is 0 Å². The summed E-state index contributed by atoms with van der Waals surface area (Å²) in [5.74, 6) is -1.43. The van der Waals surface area contributed by atoms with Crippen LogP contribution in [0.3, 0.4) is 0 Å².